The summed E-state index contributed by atoms with van der Waals surface area (Å²) in [5, 5.41) is 3.36. The molecular formula is C21H33N3O5. The molecule has 0 spiro atoms. The number of aliphatic imine (C=N–C) groups is 1. The van der Waals surface area contributed by atoms with Gasteiger partial charge in [-0.1, -0.05) is 6.07 Å². The molecule has 1 atom stereocenters. The highest BCUT2D eigenvalue weighted by atomic mass is 16.5. The van der Waals surface area contributed by atoms with Gasteiger partial charge in [0.25, 0.3) is 0 Å². The van der Waals surface area contributed by atoms with Crippen molar-refractivity contribution >= 4 is 11.9 Å². The van der Waals surface area contributed by atoms with Crippen molar-refractivity contribution in [1.29, 1.82) is 0 Å². The predicted molar refractivity (Wildman–Crippen MR) is 112 cm³/mol. The number of nitrogens with one attached hydrogen (secondary N) is 1. The molecule has 1 unspecified atom stereocenters. The van der Waals surface area contributed by atoms with Crippen LogP contribution in [0, 0.1) is 5.92 Å². The molecule has 0 aliphatic carbocycles. The highest BCUT2D eigenvalue weighted by Crippen LogP contribution is 2.22. The molecule has 1 aliphatic rings. The maximum Gasteiger partial charge on any atom is 0.341 e. The van der Waals surface area contributed by atoms with Crippen LogP contribution in [-0.2, 0) is 20.8 Å². The van der Waals surface area contributed by atoms with Gasteiger partial charge >= 0.3 is 5.97 Å². The van der Waals surface area contributed by atoms with Crippen LogP contribution in [0.4, 0.5) is 0 Å². The minimum absolute atomic E-state index is 0.405. The number of carbonyl (C=O) groups excluding carboxylic acids is 1. The number of guanidine groups is 1. The van der Waals surface area contributed by atoms with Crippen molar-refractivity contribution in [2.75, 3.05) is 60.8 Å². The summed E-state index contributed by atoms with van der Waals surface area (Å²) in [6.45, 7) is 7.15. The zero-order valence-corrected chi connectivity index (χ0v) is 17.9. The number of hydrogen-bond donors (Lipinski definition) is 1. The maximum atomic E-state index is 12.0. The number of esters is 1. The van der Waals surface area contributed by atoms with E-state index in [-0.39, 0.29) is 0 Å². The Labute approximate surface area is 173 Å². The van der Waals surface area contributed by atoms with Crippen molar-refractivity contribution in [3.63, 3.8) is 0 Å². The zero-order chi connectivity index (χ0) is 21.1. The summed E-state index contributed by atoms with van der Waals surface area (Å²) in [5.41, 5.74) is 1.32. The van der Waals surface area contributed by atoms with Crippen LogP contribution in [0.25, 0.3) is 0 Å². The zero-order valence-electron chi connectivity index (χ0n) is 17.9. The van der Waals surface area contributed by atoms with E-state index in [0.717, 1.165) is 44.2 Å². The smallest absolute Gasteiger partial charge is 0.341 e. The first-order chi connectivity index (χ1) is 14.1. The Morgan fingerprint density at radius 3 is 2.79 bits per heavy atom. The van der Waals surface area contributed by atoms with Gasteiger partial charge in [-0.15, -0.1) is 0 Å². The summed E-state index contributed by atoms with van der Waals surface area (Å²) in [6, 6.07) is 5.45. The fourth-order valence-corrected chi connectivity index (χ4v) is 3.27. The topological polar surface area (TPSA) is 81.6 Å². The quantitative estimate of drug-likeness (QED) is 0.275. The highest BCUT2D eigenvalue weighted by Gasteiger charge is 2.25. The van der Waals surface area contributed by atoms with Gasteiger partial charge in [0.1, 0.15) is 11.3 Å². The van der Waals surface area contributed by atoms with Crippen molar-refractivity contribution in [2.24, 2.45) is 10.9 Å². The van der Waals surface area contributed by atoms with Crippen molar-refractivity contribution in [3.8, 4) is 5.75 Å². The van der Waals surface area contributed by atoms with Gasteiger partial charge in [0.15, 0.2) is 5.96 Å². The van der Waals surface area contributed by atoms with E-state index in [4.69, 9.17) is 23.9 Å². The van der Waals surface area contributed by atoms with Gasteiger partial charge in [0.05, 0.1) is 40.6 Å². The van der Waals surface area contributed by atoms with Crippen molar-refractivity contribution in [1.82, 2.24) is 10.2 Å². The molecular weight excluding hydrogens is 374 g/mol. The fourth-order valence-electron chi connectivity index (χ4n) is 3.27. The SMILES string of the molecule is CCNC(=NCc1ccc(OC)c(C(=O)OC)c1)N1CCC(COCCOC)C1. The summed E-state index contributed by atoms with van der Waals surface area (Å²) in [6.07, 6.45) is 1.08. The van der Waals surface area contributed by atoms with Crippen LogP contribution in [-0.4, -0.2) is 77.6 Å². The first kappa shape index (κ1) is 23.0. The summed E-state index contributed by atoms with van der Waals surface area (Å²) < 4.78 is 20.8. The highest BCUT2D eigenvalue weighted by molar-refractivity contribution is 5.92. The predicted octanol–water partition coefficient (Wildman–Crippen LogP) is 1.93. The van der Waals surface area contributed by atoms with E-state index < -0.39 is 5.97 Å². The molecule has 162 valence electrons. The summed E-state index contributed by atoms with van der Waals surface area (Å²) >= 11 is 0. The standard InChI is InChI=1S/C21H33N3O5/c1-5-22-21(24-9-8-17(14-24)15-29-11-10-26-2)23-13-16-6-7-19(27-3)18(12-16)20(25)28-4/h6-7,12,17H,5,8-11,13-15H2,1-4H3,(H,22,23). The summed E-state index contributed by atoms with van der Waals surface area (Å²) in [5.74, 6) is 1.44. The van der Waals surface area contributed by atoms with E-state index in [1.54, 1.807) is 19.2 Å². The Hall–Kier alpha value is -2.32. The Bertz CT molecular complexity index is 680. The lowest BCUT2D eigenvalue weighted by Gasteiger charge is -2.22. The Morgan fingerprint density at radius 1 is 1.28 bits per heavy atom. The largest absolute Gasteiger partial charge is 0.496 e. The van der Waals surface area contributed by atoms with Crippen molar-refractivity contribution < 1.29 is 23.7 Å². The molecule has 2 rings (SSSR count). The molecule has 1 fully saturated rings. The fraction of sp³-hybridized carbons (Fsp3) is 0.619. The molecule has 1 aromatic carbocycles. The van der Waals surface area contributed by atoms with Gasteiger partial charge in [-0.3, -0.25) is 0 Å². The minimum atomic E-state index is -0.421. The number of nitrogens with zero attached hydrogens (tertiary/aromatic N) is 2. The number of ether oxygens (including phenoxy) is 4. The van der Waals surface area contributed by atoms with Crippen LogP contribution in [0.5, 0.6) is 5.75 Å². The lowest BCUT2D eigenvalue weighted by atomic mass is 10.1. The molecule has 0 bridgehead atoms. The number of rotatable bonds is 10. The molecule has 0 radical (unpaired) electrons. The van der Waals surface area contributed by atoms with Gasteiger partial charge < -0.3 is 29.2 Å². The first-order valence-corrected chi connectivity index (χ1v) is 9.98. The monoisotopic (exact) mass is 407 g/mol. The normalized spacial score (nSPS) is 16.8. The maximum absolute atomic E-state index is 12.0. The van der Waals surface area contributed by atoms with Crippen LogP contribution in [0.3, 0.4) is 0 Å². The number of carbonyl (C=O) groups is 1. The number of methoxy groups -OCH3 is 3. The van der Waals surface area contributed by atoms with Crippen molar-refractivity contribution in [2.45, 2.75) is 19.9 Å². The number of benzene rings is 1. The van der Waals surface area contributed by atoms with Crippen LogP contribution >= 0.6 is 0 Å². The number of likely N-dealkylation sites (tertiary alicyclic amines) is 1. The average molecular weight is 408 g/mol. The van der Waals surface area contributed by atoms with Crippen LogP contribution in [0.1, 0.15) is 29.3 Å². The second kappa shape index (κ2) is 12.3. The molecule has 8 heteroatoms. The second-order valence-corrected chi connectivity index (χ2v) is 6.86. The van der Waals surface area contributed by atoms with Gasteiger partial charge in [-0.25, -0.2) is 9.79 Å². The Kier molecular flexibility index (Phi) is 9.73. The molecule has 1 aliphatic heterocycles. The van der Waals surface area contributed by atoms with E-state index in [0.29, 0.717) is 37.0 Å². The molecule has 8 nitrogen and oxygen atoms in total. The van der Waals surface area contributed by atoms with Gasteiger partial charge in [0, 0.05) is 32.7 Å². The average Bonchev–Trinajstić information content (AvgIpc) is 3.22. The van der Waals surface area contributed by atoms with E-state index in [9.17, 15) is 4.79 Å². The van der Waals surface area contributed by atoms with Crippen LogP contribution in [0.2, 0.25) is 0 Å². The summed E-state index contributed by atoms with van der Waals surface area (Å²) in [7, 11) is 4.57. The van der Waals surface area contributed by atoms with Gasteiger partial charge in [-0.05, 0) is 31.0 Å². The van der Waals surface area contributed by atoms with Gasteiger partial charge in [-0.2, -0.15) is 0 Å². The third-order valence-electron chi connectivity index (χ3n) is 4.79. The van der Waals surface area contributed by atoms with Gasteiger partial charge in [0.2, 0.25) is 0 Å². The van der Waals surface area contributed by atoms with Crippen LogP contribution < -0.4 is 10.1 Å². The van der Waals surface area contributed by atoms with E-state index in [1.165, 1.54) is 14.2 Å². The third kappa shape index (κ3) is 6.90. The lowest BCUT2D eigenvalue weighted by Crippen LogP contribution is -2.40. The molecule has 1 heterocycles. The molecule has 0 amide bonds. The molecule has 1 saturated heterocycles. The summed E-state index contributed by atoms with van der Waals surface area (Å²) in [4.78, 5) is 19.0. The number of hydrogen-bond acceptors (Lipinski definition) is 6. The van der Waals surface area contributed by atoms with Crippen LogP contribution in [0.15, 0.2) is 23.2 Å². The Morgan fingerprint density at radius 2 is 2.10 bits per heavy atom. The van der Waals surface area contributed by atoms with E-state index >= 15 is 0 Å². The third-order valence-corrected chi connectivity index (χ3v) is 4.79. The van der Waals surface area contributed by atoms with E-state index in [2.05, 4.69) is 17.1 Å². The Balaban J connectivity index is 2.01. The first-order valence-electron chi connectivity index (χ1n) is 9.98. The molecule has 1 aromatic rings. The molecule has 1 N–H and O–H groups in total. The molecule has 0 saturated carbocycles. The molecule has 29 heavy (non-hydrogen) atoms. The molecule has 0 aromatic heterocycles. The second-order valence-electron chi connectivity index (χ2n) is 6.86. The van der Waals surface area contributed by atoms with Crippen molar-refractivity contribution in [3.05, 3.63) is 29.3 Å². The van der Waals surface area contributed by atoms with E-state index in [1.807, 2.05) is 6.07 Å². The minimum Gasteiger partial charge on any atom is -0.496 e. The lowest BCUT2D eigenvalue weighted by molar-refractivity contribution is 0.0536.